The van der Waals surface area contributed by atoms with E-state index in [1.807, 2.05) is 18.2 Å². The van der Waals surface area contributed by atoms with Crippen LogP contribution in [0.25, 0.3) is 0 Å². The lowest BCUT2D eigenvalue weighted by Gasteiger charge is -2.26. The van der Waals surface area contributed by atoms with Crippen molar-refractivity contribution in [3.8, 4) is 11.5 Å². The zero-order valence-corrected chi connectivity index (χ0v) is 17.4. The summed E-state index contributed by atoms with van der Waals surface area (Å²) in [5.74, 6) is 1.66. The van der Waals surface area contributed by atoms with Gasteiger partial charge < -0.3 is 19.5 Å². The van der Waals surface area contributed by atoms with E-state index in [0.29, 0.717) is 29.4 Å². The van der Waals surface area contributed by atoms with Crippen molar-refractivity contribution in [1.29, 1.82) is 0 Å². The summed E-state index contributed by atoms with van der Waals surface area (Å²) in [4.78, 5) is 14.4. The Morgan fingerprint density at radius 3 is 2.21 bits per heavy atom. The van der Waals surface area contributed by atoms with E-state index in [1.54, 1.807) is 44.4 Å². The quantitative estimate of drug-likeness (QED) is 0.708. The Hall–Kier alpha value is -2.53. The summed E-state index contributed by atoms with van der Waals surface area (Å²) < 4.78 is 10.5. The van der Waals surface area contributed by atoms with Gasteiger partial charge in [-0.15, -0.1) is 0 Å². The van der Waals surface area contributed by atoms with Crippen LogP contribution in [0.4, 0.5) is 0 Å². The van der Waals surface area contributed by atoms with Crippen LogP contribution in [-0.4, -0.2) is 43.7 Å². The van der Waals surface area contributed by atoms with Gasteiger partial charge in [0.15, 0.2) is 11.5 Å². The molecule has 0 aliphatic carbocycles. The number of aliphatic hydroxyl groups is 1. The number of hydrogen-bond acceptors (Lipinski definition) is 4. The van der Waals surface area contributed by atoms with Gasteiger partial charge in [0.1, 0.15) is 0 Å². The lowest BCUT2D eigenvalue weighted by atomic mass is 9.85. The third-order valence-electron chi connectivity index (χ3n) is 5.09. The van der Waals surface area contributed by atoms with Gasteiger partial charge in [0, 0.05) is 13.5 Å². The number of carbonyl (C=O) groups is 1. The summed E-state index contributed by atoms with van der Waals surface area (Å²) >= 11 is 0. The second-order valence-electron chi connectivity index (χ2n) is 7.37. The largest absolute Gasteiger partial charge is 0.493 e. The van der Waals surface area contributed by atoms with Crippen LogP contribution in [0.5, 0.6) is 11.5 Å². The first-order valence-electron chi connectivity index (χ1n) is 9.56. The summed E-state index contributed by atoms with van der Waals surface area (Å²) in [6.07, 6.45) is -0.389. The van der Waals surface area contributed by atoms with Crippen LogP contribution in [0.3, 0.4) is 0 Å². The van der Waals surface area contributed by atoms with Gasteiger partial charge in [-0.3, -0.25) is 4.79 Å². The highest BCUT2D eigenvalue weighted by molar-refractivity contribution is 5.77. The molecular formula is C23H31NO4. The molecule has 0 radical (unpaired) electrons. The maximum atomic E-state index is 12.8. The second-order valence-corrected chi connectivity index (χ2v) is 7.37. The molecule has 0 bridgehead atoms. The summed E-state index contributed by atoms with van der Waals surface area (Å²) in [7, 11) is 4.85. The predicted octanol–water partition coefficient (Wildman–Crippen LogP) is 4.03. The molecule has 1 N–H and O–H groups in total. The lowest BCUT2D eigenvalue weighted by molar-refractivity contribution is -0.131. The van der Waals surface area contributed by atoms with Gasteiger partial charge in [-0.25, -0.2) is 0 Å². The summed E-state index contributed by atoms with van der Waals surface area (Å²) in [5.41, 5.74) is 1.85. The van der Waals surface area contributed by atoms with Crippen molar-refractivity contribution < 1.29 is 19.4 Å². The SMILES string of the molecule is COc1ccc(C(O)CN(C)C(=O)CC(c2ccccc2)C(C)C)cc1OC. The van der Waals surface area contributed by atoms with E-state index in [1.165, 1.54) is 5.56 Å². The zero-order valence-electron chi connectivity index (χ0n) is 17.4. The Labute approximate surface area is 167 Å². The Morgan fingerprint density at radius 1 is 1.00 bits per heavy atom. The van der Waals surface area contributed by atoms with Gasteiger partial charge in [-0.2, -0.15) is 0 Å². The predicted molar refractivity (Wildman–Crippen MR) is 111 cm³/mol. The fourth-order valence-corrected chi connectivity index (χ4v) is 3.31. The number of rotatable bonds is 9. The van der Waals surface area contributed by atoms with E-state index in [9.17, 15) is 9.90 Å². The fraction of sp³-hybridized carbons (Fsp3) is 0.435. The van der Waals surface area contributed by atoms with Gasteiger partial charge in [-0.05, 0) is 35.1 Å². The van der Waals surface area contributed by atoms with Gasteiger partial charge in [0.2, 0.25) is 5.91 Å². The molecule has 0 spiro atoms. The average molecular weight is 386 g/mol. The minimum absolute atomic E-state index is 0.0158. The van der Waals surface area contributed by atoms with E-state index in [0.717, 1.165) is 0 Å². The first kappa shape index (κ1) is 21.8. The molecule has 2 aromatic rings. The topological polar surface area (TPSA) is 59.0 Å². The summed E-state index contributed by atoms with van der Waals surface area (Å²) in [6, 6.07) is 15.4. The Morgan fingerprint density at radius 2 is 1.64 bits per heavy atom. The third-order valence-corrected chi connectivity index (χ3v) is 5.09. The second kappa shape index (κ2) is 10.1. The van der Waals surface area contributed by atoms with Crippen molar-refractivity contribution >= 4 is 5.91 Å². The van der Waals surface area contributed by atoms with Crippen LogP contribution in [-0.2, 0) is 4.79 Å². The number of methoxy groups -OCH3 is 2. The molecule has 0 aliphatic heterocycles. The molecule has 0 fully saturated rings. The highest BCUT2D eigenvalue weighted by Gasteiger charge is 2.23. The third kappa shape index (κ3) is 5.49. The Balaban J connectivity index is 2.04. The summed E-state index contributed by atoms with van der Waals surface area (Å²) in [6.45, 7) is 4.47. The van der Waals surface area contributed by atoms with Crippen LogP contribution in [0.15, 0.2) is 48.5 Å². The molecule has 5 heteroatoms. The van der Waals surface area contributed by atoms with Crippen LogP contribution in [0.1, 0.15) is 43.4 Å². The van der Waals surface area contributed by atoms with Crippen LogP contribution in [0.2, 0.25) is 0 Å². The molecular weight excluding hydrogens is 354 g/mol. The normalized spacial score (nSPS) is 13.1. The van der Waals surface area contributed by atoms with Crippen molar-refractivity contribution in [3.05, 3.63) is 59.7 Å². The fourth-order valence-electron chi connectivity index (χ4n) is 3.31. The number of aliphatic hydroxyl groups excluding tert-OH is 1. The molecule has 1 amide bonds. The highest BCUT2D eigenvalue weighted by Crippen LogP contribution is 2.31. The van der Waals surface area contributed by atoms with Crippen molar-refractivity contribution in [3.63, 3.8) is 0 Å². The molecule has 0 aromatic heterocycles. The molecule has 2 aromatic carbocycles. The van der Waals surface area contributed by atoms with E-state index in [2.05, 4.69) is 26.0 Å². The number of amides is 1. The summed E-state index contributed by atoms with van der Waals surface area (Å²) in [5, 5.41) is 10.6. The van der Waals surface area contributed by atoms with Gasteiger partial charge in [-0.1, -0.05) is 50.2 Å². The smallest absolute Gasteiger partial charge is 0.223 e. The maximum absolute atomic E-state index is 12.8. The van der Waals surface area contributed by atoms with Crippen LogP contribution < -0.4 is 9.47 Å². The zero-order chi connectivity index (χ0) is 20.7. The standard InChI is InChI=1S/C23H31NO4/c1-16(2)19(17-9-7-6-8-10-17)14-23(26)24(3)15-20(25)18-11-12-21(27-4)22(13-18)28-5/h6-13,16,19-20,25H,14-15H2,1-5H3. The Kier molecular flexibility index (Phi) is 7.88. The number of carbonyl (C=O) groups excluding carboxylic acids is 1. The van der Waals surface area contributed by atoms with Gasteiger partial charge in [0.25, 0.3) is 0 Å². The van der Waals surface area contributed by atoms with E-state index < -0.39 is 6.10 Å². The number of likely N-dealkylation sites (N-methyl/N-ethyl adjacent to an activating group) is 1. The lowest BCUT2D eigenvalue weighted by Crippen LogP contribution is -2.32. The van der Waals surface area contributed by atoms with Crippen LogP contribution >= 0.6 is 0 Å². The molecule has 0 aliphatic rings. The minimum atomic E-state index is -0.803. The van der Waals surface area contributed by atoms with Crippen molar-refractivity contribution in [2.75, 3.05) is 27.8 Å². The van der Waals surface area contributed by atoms with E-state index in [4.69, 9.17) is 9.47 Å². The molecule has 28 heavy (non-hydrogen) atoms. The molecule has 5 nitrogen and oxygen atoms in total. The molecule has 2 atom stereocenters. The molecule has 152 valence electrons. The average Bonchev–Trinajstić information content (AvgIpc) is 2.71. The number of nitrogens with zero attached hydrogens (tertiary/aromatic N) is 1. The van der Waals surface area contributed by atoms with Crippen LogP contribution in [0, 0.1) is 5.92 Å². The van der Waals surface area contributed by atoms with E-state index in [-0.39, 0.29) is 18.4 Å². The molecule has 0 saturated heterocycles. The van der Waals surface area contributed by atoms with Crippen molar-refractivity contribution in [1.82, 2.24) is 4.90 Å². The van der Waals surface area contributed by atoms with Crippen molar-refractivity contribution in [2.45, 2.75) is 32.3 Å². The molecule has 0 heterocycles. The molecule has 2 rings (SSSR count). The van der Waals surface area contributed by atoms with Gasteiger partial charge >= 0.3 is 0 Å². The van der Waals surface area contributed by atoms with Crippen molar-refractivity contribution in [2.24, 2.45) is 5.92 Å². The number of ether oxygens (including phenoxy) is 2. The first-order chi connectivity index (χ1) is 13.4. The van der Waals surface area contributed by atoms with E-state index >= 15 is 0 Å². The monoisotopic (exact) mass is 385 g/mol. The minimum Gasteiger partial charge on any atom is -0.493 e. The molecule has 2 unspecified atom stereocenters. The van der Waals surface area contributed by atoms with Gasteiger partial charge in [0.05, 0.1) is 26.9 Å². The number of hydrogen-bond donors (Lipinski definition) is 1. The number of benzene rings is 2. The molecule has 0 saturated carbocycles. The first-order valence-corrected chi connectivity index (χ1v) is 9.56. The maximum Gasteiger partial charge on any atom is 0.223 e. The highest BCUT2D eigenvalue weighted by atomic mass is 16.5. The Bertz CT molecular complexity index is 760.